The minimum absolute atomic E-state index is 0.268. The van der Waals surface area contributed by atoms with Gasteiger partial charge in [0.05, 0.1) is 16.1 Å². The molecule has 0 N–H and O–H groups in total. The number of rotatable bonds is 3. The summed E-state index contributed by atoms with van der Waals surface area (Å²) in [7, 11) is -3.66. The fraction of sp³-hybridized carbons (Fsp3) is 0.0500. The maximum Gasteiger partial charge on any atom is 0.268 e. The van der Waals surface area contributed by atoms with Gasteiger partial charge in [0.1, 0.15) is 0 Å². The molecule has 0 amide bonds. The highest BCUT2D eigenvalue weighted by molar-refractivity contribution is 7.90. The Bertz CT molecular complexity index is 1160. The van der Waals surface area contributed by atoms with E-state index in [9.17, 15) is 8.42 Å². The molecular weight excluding hydrogens is 332 g/mol. The van der Waals surface area contributed by atoms with E-state index in [1.807, 2.05) is 37.3 Å². The molecule has 0 aliphatic rings. The van der Waals surface area contributed by atoms with Crippen LogP contribution in [-0.4, -0.2) is 17.4 Å². The van der Waals surface area contributed by atoms with Crippen LogP contribution >= 0.6 is 0 Å². The van der Waals surface area contributed by atoms with Gasteiger partial charge in [0.15, 0.2) is 0 Å². The van der Waals surface area contributed by atoms with Crippen molar-refractivity contribution in [2.75, 3.05) is 0 Å². The van der Waals surface area contributed by atoms with E-state index in [1.165, 1.54) is 3.97 Å². The van der Waals surface area contributed by atoms with E-state index < -0.39 is 10.0 Å². The SMILES string of the molecule is Cc1ccc(S(=O)(=O)n2cccc2-c2cnc3ccccc3c2)cc1. The maximum atomic E-state index is 13.0. The second kappa shape index (κ2) is 5.86. The van der Waals surface area contributed by atoms with Gasteiger partial charge in [-0.05, 0) is 43.3 Å². The second-order valence-corrected chi connectivity index (χ2v) is 7.74. The average Bonchev–Trinajstić information content (AvgIpc) is 3.12. The molecule has 2 aromatic heterocycles. The summed E-state index contributed by atoms with van der Waals surface area (Å²) in [6.07, 6.45) is 3.28. The average molecular weight is 348 g/mol. The second-order valence-electron chi connectivity index (χ2n) is 5.92. The summed E-state index contributed by atoms with van der Waals surface area (Å²) in [4.78, 5) is 4.70. The summed E-state index contributed by atoms with van der Waals surface area (Å²) >= 11 is 0. The molecule has 0 aliphatic carbocycles. The van der Waals surface area contributed by atoms with Gasteiger partial charge >= 0.3 is 0 Å². The highest BCUT2D eigenvalue weighted by Crippen LogP contribution is 2.27. The number of fused-ring (bicyclic) bond motifs is 1. The maximum absolute atomic E-state index is 13.0. The summed E-state index contributed by atoms with van der Waals surface area (Å²) in [6.45, 7) is 1.93. The van der Waals surface area contributed by atoms with Crippen LogP contribution in [0.1, 0.15) is 5.56 Å². The monoisotopic (exact) mass is 348 g/mol. The molecule has 4 nitrogen and oxygen atoms in total. The van der Waals surface area contributed by atoms with Crippen LogP contribution in [0.2, 0.25) is 0 Å². The molecule has 0 bridgehead atoms. The summed E-state index contributed by atoms with van der Waals surface area (Å²) in [6, 6.07) is 20.1. The first-order valence-corrected chi connectivity index (χ1v) is 9.34. The first-order chi connectivity index (χ1) is 12.1. The zero-order valence-electron chi connectivity index (χ0n) is 13.6. The molecule has 0 saturated heterocycles. The van der Waals surface area contributed by atoms with Gasteiger partial charge in [0.25, 0.3) is 10.0 Å². The van der Waals surface area contributed by atoms with Crippen molar-refractivity contribution in [1.29, 1.82) is 0 Å². The Morgan fingerprint density at radius 3 is 2.48 bits per heavy atom. The highest BCUT2D eigenvalue weighted by Gasteiger charge is 2.20. The Morgan fingerprint density at radius 1 is 0.920 bits per heavy atom. The summed E-state index contributed by atoms with van der Waals surface area (Å²) in [5.74, 6) is 0. The summed E-state index contributed by atoms with van der Waals surface area (Å²) in [5.41, 5.74) is 3.26. The minimum Gasteiger partial charge on any atom is -0.256 e. The van der Waals surface area contributed by atoms with Crippen LogP contribution in [-0.2, 0) is 10.0 Å². The lowest BCUT2D eigenvalue weighted by atomic mass is 10.1. The number of benzene rings is 2. The molecule has 0 aliphatic heterocycles. The van der Waals surface area contributed by atoms with Crippen LogP contribution < -0.4 is 0 Å². The van der Waals surface area contributed by atoms with Crippen LogP contribution in [0.25, 0.3) is 22.2 Å². The molecule has 0 fully saturated rings. The Morgan fingerprint density at radius 2 is 1.68 bits per heavy atom. The van der Waals surface area contributed by atoms with E-state index in [-0.39, 0.29) is 4.90 Å². The smallest absolute Gasteiger partial charge is 0.256 e. The molecule has 0 saturated carbocycles. The van der Waals surface area contributed by atoms with Crippen LogP contribution in [0.4, 0.5) is 0 Å². The molecule has 25 heavy (non-hydrogen) atoms. The molecule has 2 aromatic carbocycles. The van der Waals surface area contributed by atoms with Crippen molar-refractivity contribution in [2.24, 2.45) is 0 Å². The van der Waals surface area contributed by atoms with Gasteiger partial charge in [0, 0.05) is 23.3 Å². The molecule has 0 spiro atoms. The predicted molar refractivity (Wildman–Crippen MR) is 98.9 cm³/mol. The van der Waals surface area contributed by atoms with Crippen molar-refractivity contribution < 1.29 is 8.42 Å². The summed E-state index contributed by atoms with van der Waals surface area (Å²) < 4.78 is 27.3. The van der Waals surface area contributed by atoms with E-state index in [0.29, 0.717) is 5.69 Å². The quantitative estimate of drug-likeness (QED) is 0.556. The molecule has 124 valence electrons. The van der Waals surface area contributed by atoms with Gasteiger partial charge in [-0.1, -0.05) is 35.9 Å². The molecule has 5 heteroatoms. The number of hydrogen-bond acceptors (Lipinski definition) is 3. The van der Waals surface area contributed by atoms with Crippen molar-refractivity contribution in [3.8, 4) is 11.3 Å². The van der Waals surface area contributed by atoms with Crippen LogP contribution in [0.5, 0.6) is 0 Å². The Labute approximate surface area is 146 Å². The zero-order chi connectivity index (χ0) is 17.4. The highest BCUT2D eigenvalue weighted by atomic mass is 32.2. The van der Waals surface area contributed by atoms with Gasteiger partial charge in [-0.2, -0.15) is 0 Å². The zero-order valence-corrected chi connectivity index (χ0v) is 14.4. The normalized spacial score (nSPS) is 11.7. The number of para-hydroxylation sites is 1. The largest absolute Gasteiger partial charge is 0.268 e. The van der Waals surface area contributed by atoms with Crippen molar-refractivity contribution in [1.82, 2.24) is 8.96 Å². The van der Waals surface area contributed by atoms with E-state index in [4.69, 9.17) is 0 Å². The summed E-state index contributed by atoms with van der Waals surface area (Å²) in [5, 5.41) is 0.973. The Hall–Kier alpha value is -2.92. The number of pyridine rings is 1. The van der Waals surface area contributed by atoms with Gasteiger partial charge in [-0.3, -0.25) is 4.98 Å². The van der Waals surface area contributed by atoms with E-state index in [1.54, 1.807) is 48.8 Å². The van der Waals surface area contributed by atoms with E-state index >= 15 is 0 Å². The minimum atomic E-state index is -3.66. The predicted octanol–water partition coefficient (Wildman–Crippen LogP) is 4.25. The lowest BCUT2D eigenvalue weighted by molar-refractivity contribution is 0.588. The molecule has 2 heterocycles. The van der Waals surface area contributed by atoms with Crippen LogP contribution in [0.3, 0.4) is 0 Å². The third kappa shape index (κ3) is 2.72. The van der Waals surface area contributed by atoms with Crippen LogP contribution in [0.15, 0.2) is 84.0 Å². The molecule has 0 unspecified atom stereocenters. The lowest BCUT2D eigenvalue weighted by Gasteiger charge is -2.11. The van der Waals surface area contributed by atoms with Gasteiger partial charge in [-0.15, -0.1) is 0 Å². The standard InChI is InChI=1S/C20H16N2O2S/c1-15-8-10-18(11-9-15)25(23,24)22-12-4-7-20(22)17-13-16-5-2-3-6-19(16)21-14-17/h2-14H,1H3. The van der Waals surface area contributed by atoms with Crippen LogP contribution in [0, 0.1) is 6.92 Å². The Balaban J connectivity index is 1.86. The first kappa shape index (κ1) is 15.6. The number of hydrogen-bond donors (Lipinski definition) is 0. The van der Waals surface area contributed by atoms with E-state index in [2.05, 4.69) is 4.98 Å². The lowest BCUT2D eigenvalue weighted by Crippen LogP contribution is -2.13. The molecule has 0 atom stereocenters. The molecule has 0 radical (unpaired) electrons. The Kier molecular flexibility index (Phi) is 3.66. The third-order valence-electron chi connectivity index (χ3n) is 4.18. The first-order valence-electron chi connectivity index (χ1n) is 7.90. The molecule has 4 rings (SSSR count). The van der Waals surface area contributed by atoms with Gasteiger partial charge < -0.3 is 0 Å². The number of aryl methyl sites for hydroxylation is 1. The topological polar surface area (TPSA) is 52.0 Å². The number of nitrogens with zero attached hydrogens (tertiary/aromatic N) is 2. The van der Waals surface area contributed by atoms with Gasteiger partial charge in [0.2, 0.25) is 0 Å². The van der Waals surface area contributed by atoms with Gasteiger partial charge in [-0.25, -0.2) is 12.4 Å². The molecule has 4 aromatic rings. The fourth-order valence-electron chi connectivity index (χ4n) is 2.83. The van der Waals surface area contributed by atoms with E-state index in [0.717, 1.165) is 22.0 Å². The van der Waals surface area contributed by atoms with Crippen molar-refractivity contribution in [3.63, 3.8) is 0 Å². The fourth-order valence-corrected chi connectivity index (χ4v) is 4.20. The van der Waals surface area contributed by atoms with Crippen molar-refractivity contribution in [3.05, 3.63) is 84.7 Å². The number of aromatic nitrogens is 2. The van der Waals surface area contributed by atoms with Crippen molar-refractivity contribution >= 4 is 20.9 Å². The molecular formula is C20H16N2O2S. The third-order valence-corrected chi connectivity index (χ3v) is 5.88. The van der Waals surface area contributed by atoms with Crippen molar-refractivity contribution in [2.45, 2.75) is 11.8 Å².